The number of anilines is 1. The average Bonchev–Trinajstić information content (AvgIpc) is 3.16. The summed E-state index contributed by atoms with van der Waals surface area (Å²) in [6, 6.07) is 8.44. The lowest BCUT2D eigenvalue weighted by Crippen LogP contribution is -2.39. The first-order valence-corrected chi connectivity index (χ1v) is 10.6. The van der Waals surface area contributed by atoms with E-state index < -0.39 is 16.6 Å². The van der Waals surface area contributed by atoms with Crippen molar-refractivity contribution in [2.75, 3.05) is 31.1 Å². The van der Waals surface area contributed by atoms with Gasteiger partial charge in [-0.05, 0) is 37.4 Å². The van der Waals surface area contributed by atoms with Gasteiger partial charge in [0.2, 0.25) is 0 Å². The molecule has 1 amide bonds. The number of aromatic nitrogens is 1. The number of halogens is 2. The molecule has 0 saturated carbocycles. The minimum Gasteiger partial charge on any atom is -0.302 e. The van der Waals surface area contributed by atoms with Crippen molar-refractivity contribution in [1.29, 1.82) is 0 Å². The molecule has 1 aromatic heterocycles. The Labute approximate surface area is 181 Å². The Hall–Kier alpha value is -2.62. The van der Waals surface area contributed by atoms with Gasteiger partial charge in [0.05, 0.1) is 9.62 Å². The molecule has 0 saturated heterocycles. The normalized spacial score (nSPS) is 11.2. The number of fused-ring (bicyclic) bond motifs is 1. The predicted octanol–water partition coefficient (Wildman–Crippen LogP) is 4.99. The van der Waals surface area contributed by atoms with Gasteiger partial charge in [0.25, 0.3) is 11.6 Å². The highest BCUT2D eigenvalue weighted by Gasteiger charge is 2.28. The Morgan fingerprint density at radius 2 is 1.97 bits per heavy atom. The first-order chi connectivity index (χ1) is 14.3. The van der Waals surface area contributed by atoms with Gasteiger partial charge in [0.15, 0.2) is 5.13 Å². The van der Waals surface area contributed by atoms with Gasteiger partial charge < -0.3 is 4.90 Å². The Morgan fingerprint density at radius 1 is 1.23 bits per heavy atom. The smallest absolute Gasteiger partial charge is 0.282 e. The van der Waals surface area contributed by atoms with Crippen LogP contribution in [0.1, 0.15) is 24.2 Å². The maximum Gasteiger partial charge on any atom is 0.282 e. The largest absolute Gasteiger partial charge is 0.302 e. The summed E-state index contributed by atoms with van der Waals surface area (Å²) >= 11 is 7.17. The molecule has 0 aliphatic rings. The van der Waals surface area contributed by atoms with Crippen molar-refractivity contribution in [2.24, 2.45) is 0 Å². The summed E-state index contributed by atoms with van der Waals surface area (Å²) < 4.78 is 14.7. The number of thiazole rings is 1. The fourth-order valence-corrected chi connectivity index (χ4v) is 4.24. The molecule has 0 radical (unpaired) electrons. The van der Waals surface area contributed by atoms with Crippen LogP contribution in [-0.2, 0) is 0 Å². The first kappa shape index (κ1) is 22.1. The highest BCUT2D eigenvalue weighted by atomic mass is 35.5. The minimum absolute atomic E-state index is 0.133. The summed E-state index contributed by atoms with van der Waals surface area (Å²) in [6.07, 6.45) is 0. The lowest BCUT2D eigenvalue weighted by atomic mass is 10.1. The Morgan fingerprint density at radius 3 is 2.60 bits per heavy atom. The fourth-order valence-electron chi connectivity index (χ4n) is 3.07. The second-order valence-corrected chi connectivity index (χ2v) is 7.93. The molecule has 0 N–H and O–H groups in total. The van der Waals surface area contributed by atoms with Crippen LogP contribution >= 0.6 is 22.9 Å². The maximum atomic E-state index is 14.2. The summed E-state index contributed by atoms with van der Waals surface area (Å²) in [4.78, 5) is 32.0. The topological polar surface area (TPSA) is 79.6 Å². The minimum atomic E-state index is -0.621. The molecular weight excluding hydrogens is 431 g/mol. The molecule has 3 aromatic rings. The second kappa shape index (κ2) is 9.46. The van der Waals surface area contributed by atoms with E-state index in [4.69, 9.17) is 11.6 Å². The van der Waals surface area contributed by atoms with Crippen LogP contribution in [0, 0.1) is 15.9 Å². The third-order valence-electron chi connectivity index (χ3n) is 4.75. The Kier molecular flexibility index (Phi) is 6.96. The lowest BCUT2D eigenvalue weighted by Gasteiger charge is -2.24. The molecule has 0 aliphatic heterocycles. The summed E-state index contributed by atoms with van der Waals surface area (Å²) in [5.74, 6) is -1.09. The van der Waals surface area contributed by atoms with Gasteiger partial charge in [-0.2, -0.15) is 0 Å². The van der Waals surface area contributed by atoms with Gasteiger partial charge >= 0.3 is 0 Å². The van der Waals surface area contributed by atoms with E-state index in [1.165, 1.54) is 29.2 Å². The first-order valence-electron chi connectivity index (χ1n) is 9.38. The van der Waals surface area contributed by atoms with Crippen molar-refractivity contribution in [1.82, 2.24) is 9.88 Å². The van der Waals surface area contributed by atoms with Gasteiger partial charge in [-0.15, -0.1) is 0 Å². The molecular formula is C20H20ClFN4O3S. The highest BCUT2D eigenvalue weighted by Crippen LogP contribution is 2.32. The van der Waals surface area contributed by atoms with Gasteiger partial charge in [-0.1, -0.05) is 42.9 Å². The van der Waals surface area contributed by atoms with E-state index in [1.807, 2.05) is 13.8 Å². The molecule has 0 atom stereocenters. The zero-order valence-electron chi connectivity index (χ0n) is 16.5. The van der Waals surface area contributed by atoms with Gasteiger partial charge in [-0.3, -0.25) is 19.8 Å². The summed E-state index contributed by atoms with van der Waals surface area (Å²) in [5, 5.41) is 12.0. The molecule has 0 spiro atoms. The average molecular weight is 451 g/mol. The molecule has 7 nitrogen and oxygen atoms in total. The number of carbonyl (C=O) groups is 1. The van der Waals surface area contributed by atoms with E-state index in [0.717, 1.165) is 24.4 Å². The quantitative estimate of drug-likeness (QED) is 0.357. The standard InChI is InChI=1S/C20H20ClFN4O3S/c1-3-24(4-2)10-11-25(20-23-18-15(22)6-5-7-17(18)30-20)19(27)14-12-13(21)8-9-16(14)26(28)29/h5-9,12H,3-4,10-11H2,1-2H3. The number of hydrogen-bond acceptors (Lipinski definition) is 6. The van der Waals surface area contributed by atoms with Crippen molar-refractivity contribution in [3.05, 3.63) is 62.9 Å². The lowest BCUT2D eigenvalue weighted by molar-refractivity contribution is -0.385. The molecule has 0 fully saturated rings. The van der Waals surface area contributed by atoms with Crippen molar-refractivity contribution in [3.63, 3.8) is 0 Å². The highest BCUT2D eigenvalue weighted by molar-refractivity contribution is 7.22. The Bertz CT molecular complexity index is 1090. The van der Waals surface area contributed by atoms with Crippen LogP contribution in [-0.4, -0.2) is 46.9 Å². The number of benzene rings is 2. The molecule has 10 heteroatoms. The number of rotatable bonds is 8. The summed E-state index contributed by atoms with van der Waals surface area (Å²) in [6.45, 7) is 6.35. The third-order valence-corrected chi connectivity index (χ3v) is 6.03. The molecule has 30 heavy (non-hydrogen) atoms. The number of para-hydroxylation sites is 1. The number of likely N-dealkylation sites (N-methyl/N-ethyl adjacent to an activating group) is 1. The summed E-state index contributed by atoms with van der Waals surface area (Å²) in [5.41, 5.74) is -0.310. The summed E-state index contributed by atoms with van der Waals surface area (Å²) in [7, 11) is 0. The molecule has 0 unspecified atom stereocenters. The van der Waals surface area contributed by atoms with Crippen molar-refractivity contribution >= 4 is 49.9 Å². The number of amides is 1. The zero-order valence-corrected chi connectivity index (χ0v) is 18.0. The van der Waals surface area contributed by atoms with E-state index >= 15 is 0 Å². The number of nitro benzene ring substituents is 1. The maximum absolute atomic E-state index is 14.2. The monoisotopic (exact) mass is 450 g/mol. The van der Waals surface area contributed by atoms with E-state index in [9.17, 15) is 19.3 Å². The number of hydrogen-bond donors (Lipinski definition) is 0. The van der Waals surface area contributed by atoms with E-state index in [-0.39, 0.29) is 33.5 Å². The van der Waals surface area contributed by atoms with Crippen LogP contribution in [0.2, 0.25) is 5.02 Å². The molecule has 1 heterocycles. The SMILES string of the molecule is CCN(CC)CCN(C(=O)c1cc(Cl)ccc1[N+](=O)[O-])c1nc2c(F)cccc2s1. The molecule has 158 valence electrons. The third kappa shape index (κ3) is 4.58. The van der Waals surface area contributed by atoms with Crippen molar-refractivity contribution in [2.45, 2.75) is 13.8 Å². The number of nitro groups is 1. The van der Waals surface area contributed by atoms with Crippen LogP contribution in [0.25, 0.3) is 10.2 Å². The van der Waals surface area contributed by atoms with Crippen LogP contribution in [0.3, 0.4) is 0 Å². The molecule has 2 aromatic carbocycles. The van der Waals surface area contributed by atoms with Crippen molar-refractivity contribution in [3.8, 4) is 0 Å². The number of nitrogens with zero attached hydrogens (tertiary/aromatic N) is 4. The van der Waals surface area contributed by atoms with E-state index in [0.29, 0.717) is 11.2 Å². The van der Waals surface area contributed by atoms with Gasteiger partial charge in [0, 0.05) is 24.2 Å². The predicted molar refractivity (Wildman–Crippen MR) is 117 cm³/mol. The van der Waals surface area contributed by atoms with E-state index in [1.54, 1.807) is 12.1 Å². The van der Waals surface area contributed by atoms with Crippen LogP contribution < -0.4 is 4.90 Å². The van der Waals surface area contributed by atoms with Crippen LogP contribution in [0.5, 0.6) is 0 Å². The van der Waals surface area contributed by atoms with Gasteiger partial charge in [-0.25, -0.2) is 9.37 Å². The van der Waals surface area contributed by atoms with Gasteiger partial charge in [0.1, 0.15) is 16.9 Å². The van der Waals surface area contributed by atoms with Crippen molar-refractivity contribution < 1.29 is 14.1 Å². The van der Waals surface area contributed by atoms with Crippen LogP contribution in [0.4, 0.5) is 15.2 Å². The fraction of sp³-hybridized carbons (Fsp3) is 0.300. The second-order valence-electron chi connectivity index (χ2n) is 6.49. The zero-order chi connectivity index (χ0) is 21.8. The number of carbonyl (C=O) groups excluding carboxylic acids is 1. The van der Waals surface area contributed by atoms with Crippen LogP contribution in [0.15, 0.2) is 36.4 Å². The molecule has 0 bridgehead atoms. The van der Waals surface area contributed by atoms with E-state index in [2.05, 4.69) is 9.88 Å². The Balaban J connectivity index is 2.07. The molecule has 0 aliphatic carbocycles. The molecule has 3 rings (SSSR count).